The van der Waals surface area contributed by atoms with Gasteiger partial charge in [-0.1, -0.05) is 27.7 Å². The molecule has 0 saturated carbocycles. The number of hydrogen-bond donors (Lipinski definition) is 2. The number of fused-ring (bicyclic) bond motifs is 1. The molecule has 5 nitrogen and oxygen atoms in total. The topological polar surface area (TPSA) is 71.1 Å². The van der Waals surface area contributed by atoms with Crippen molar-refractivity contribution >= 4 is 44.0 Å². The molecule has 0 amide bonds. The molecule has 0 saturated heterocycles. The lowest BCUT2D eigenvalue weighted by Crippen LogP contribution is -2.31. The SMILES string of the molecule is CCNCCNS(=O)(=O)c1ccc2nc(C(C)(C)C)sc2c1.Cl. The zero-order valence-electron chi connectivity index (χ0n) is 13.8. The maximum atomic E-state index is 12.3. The monoisotopic (exact) mass is 377 g/mol. The van der Waals surface area contributed by atoms with Crippen LogP contribution in [-0.4, -0.2) is 33.0 Å². The van der Waals surface area contributed by atoms with Crippen molar-refractivity contribution in [3.8, 4) is 0 Å². The number of rotatable bonds is 6. The number of likely N-dealkylation sites (N-methyl/N-ethyl adjacent to an activating group) is 1. The molecule has 0 bridgehead atoms. The summed E-state index contributed by atoms with van der Waals surface area (Å²) in [5.41, 5.74) is 0.814. The third kappa shape index (κ3) is 5.12. The smallest absolute Gasteiger partial charge is 0.240 e. The van der Waals surface area contributed by atoms with Crippen molar-refractivity contribution in [1.29, 1.82) is 0 Å². The Hall–Kier alpha value is -0.730. The van der Waals surface area contributed by atoms with Crippen molar-refractivity contribution in [3.05, 3.63) is 23.2 Å². The normalized spacial score (nSPS) is 12.3. The highest BCUT2D eigenvalue weighted by Gasteiger charge is 2.20. The van der Waals surface area contributed by atoms with Gasteiger partial charge in [0.15, 0.2) is 0 Å². The van der Waals surface area contributed by atoms with E-state index in [0.717, 1.165) is 21.8 Å². The molecule has 1 aromatic carbocycles. The van der Waals surface area contributed by atoms with Gasteiger partial charge in [0.2, 0.25) is 10.0 Å². The Kier molecular flexibility index (Phi) is 6.97. The Morgan fingerprint density at radius 3 is 2.52 bits per heavy atom. The summed E-state index contributed by atoms with van der Waals surface area (Å²) in [6.07, 6.45) is 0. The lowest BCUT2D eigenvalue weighted by Gasteiger charge is -2.13. The second-order valence-electron chi connectivity index (χ2n) is 6.15. The molecule has 0 aliphatic rings. The van der Waals surface area contributed by atoms with Gasteiger partial charge < -0.3 is 5.32 Å². The highest BCUT2D eigenvalue weighted by atomic mass is 35.5. The van der Waals surface area contributed by atoms with Gasteiger partial charge in [0.25, 0.3) is 0 Å². The Bertz CT molecular complexity index is 752. The predicted octanol–water partition coefficient (Wildman–Crippen LogP) is 2.90. The summed E-state index contributed by atoms with van der Waals surface area (Å²) in [5.74, 6) is 0. The maximum absolute atomic E-state index is 12.3. The van der Waals surface area contributed by atoms with Crippen LogP contribution >= 0.6 is 23.7 Å². The van der Waals surface area contributed by atoms with Gasteiger partial charge in [0.05, 0.1) is 20.1 Å². The first-order valence-corrected chi connectivity index (χ1v) is 9.65. The van der Waals surface area contributed by atoms with Crippen LogP contribution in [0.2, 0.25) is 0 Å². The van der Waals surface area contributed by atoms with Gasteiger partial charge in [-0.3, -0.25) is 0 Å². The van der Waals surface area contributed by atoms with Crippen LogP contribution in [0.5, 0.6) is 0 Å². The van der Waals surface area contributed by atoms with Crippen molar-refractivity contribution in [2.24, 2.45) is 0 Å². The van der Waals surface area contributed by atoms with Crippen LogP contribution in [0.3, 0.4) is 0 Å². The number of aromatic nitrogens is 1. The largest absolute Gasteiger partial charge is 0.316 e. The number of thiazole rings is 1. The summed E-state index contributed by atoms with van der Waals surface area (Å²) in [7, 11) is -3.47. The summed E-state index contributed by atoms with van der Waals surface area (Å²) in [6.45, 7) is 10.1. The number of nitrogens with zero attached hydrogens (tertiary/aromatic N) is 1. The molecule has 8 heteroatoms. The first-order chi connectivity index (χ1) is 10.2. The van der Waals surface area contributed by atoms with Gasteiger partial charge >= 0.3 is 0 Å². The van der Waals surface area contributed by atoms with Crippen LogP contribution in [0.25, 0.3) is 10.2 Å². The number of benzene rings is 1. The molecule has 0 spiro atoms. The van der Waals surface area contributed by atoms with Crippen molar-refractivity contribution in [1.82, 2.24) is 15.0 Å². The molecular weight excluding hydrogens is 354 g/mol. The van der Waals surface area contributed by atoms with Gasteiger partial charge in [-0.2, -0.15) is 0 Å². The molecule has 1 heterocycles. The van der Waals surface area contributed by atoms with Gasteiger partial charge in [-0.15, -0.1) is 23.7 Å². The first kappa shape index (κ1) is 20.3. The Labute approximate surface area is 148 Å². The Morgan fingerprint density at radius 1 is 1.22 bits per heavy atom. The van der Waals surface area contributed by atoms with E-state index in [-0.39, 0.29) is 17.8 Å². The number of sulfonamides is 1. The first-order valence-electron chi connectivity index (χ1n) is 7.35. The van der Waals surface area contributed by atoms with E-state index in [1.807, 2.05) is 6.92 Å². The summed E-state index contributed by atoms with van der Waals surface area (Å²) in [4.78, 5) is 4.88. The summed E-state index contributed by atoms with van der Waals surface area (Å²) >= 11 is 1.55. The minimum atomic E-state index is -3.47. The van der Waals surface area contributed by atoms with Crippen molar-refractivity contribution in [2.75, 3.05) is 19.6 Å². The fourth-order valence-corrected chi connectivity index (χ4v) is 4.12. The van der Waals surface area contributed by atoms with Crippen LogP contribution in [0.15, 0.2) is 23.1 Å². The predicted molar refractivity (Wildman–Crippen MR) is 99.3 cm³/mol. The van der Waals surface area contributed by atoms with Crippen molar-refractivity contribution < 1.29 is 8.42 Å². The van der Waals surface area contributed by atoms with Crippen molar-refractivity contribution in [2.45, 2.75) is 38.0 Å². The van der Waals surface area contributed by atoms with Crippen molar-refractivity contribution in [3.63, 3.8) is 0 Å². The van der Waals surface area contributed by atoms with E-state index in [4.69, 9.17) is 0 Å². The third-order valence-electron chi connectivity index (χ3n) is 3.16. The van der Waals surface area contributed by atoms with E-state index in [1.54, 1.807) is 29.5 Å². The van der Waals surface area contributed by atoms with Gasteiger partial charge in [0.1, 0.15) is 0 Å². The van der Waals surface area contributed by atoms with E-state index >= 15 is 0 Å². The van der Waals surface area contributed by atoms with E-state index in [0.29, 0.717) is 18.0 Å². The van der Waals surface area contributed by atoms with Crippen LogP contribution in [0.4, 0.5) is 0 Å². The summed E-state index contributed by atoms with van der Waals surface area (Å²) in [6, 6.07) is 5.10. The molecule has 2 aromatic rings. The van der Waals surface area contributed by atoms with Crippen LogP contribution < -0.4 is 10.0 Å². The average Bonchev–Trinajstić information content (AvgIpc) is 2.86. The van der Waals surface area contributed by atoms with Gasteiger partial charge in [-0.05, 0) is 24.7 Å². The molecule has 23 heavy (non-hydrogen) atoms. The third-order valence-corrected chi connectivity index (χ3v) is 6.06. The Balaban J connectivity index is 0.00000264. The molecule has 2 N–H and O–H groups in total. The lowest BCUT2D eigenvalue weighted by atomic mass is 9.98. The fraction of sp³-hybridized carbons (Fsp3) is 0.533. The minimum absolute atomic E-state index is 0. The molecule has 0 fully saturated rings. The number of nitrogens with one attached hydrogen (secondary N) is 2. The molecule has 0 aliphatic carbocycles. The second-order valence-corrected chi connectivity index (χ2v) is 8.95. The molecular formula is C15H24ClN3O2S2. The molecule has 1 aromatic heterocycles. The molecule has 2 rings (SSSR count). The highest BCUT2D eigenvalue weighted by molar-refractivity contribution is 7.89. The zero-order chi connectivity index (χ0) is 16.4. The number of hydrogen-bond acceptors (Lipinski definition) is 5. The van der Waals surface area contributed by atoms with E-state index in [9.17, 15) is 8.42 Å². The van der Waals surface area contributed by atoms with Gasteiger partial charge in [-0.25, -0.2) is 18.1 Å². The molecule has 0 radical (unpaired) electrons. The molecule has 0 aliphatic heterocycles. The Morgan fingerprint density at radius 2 is 1.91 bits per heavy atom. The lowest BCUT2D eigenvalue weighted by molar-refractivity contribution is 0.577. The fourth-order valence-electron chi connectivity index (χ4n) is 1.93. The van der Waals surface area contributed by atoms with Gasteiger partial charge in [0, 0.05) is 18.5 Å². The minimum Gasteiger partial charge on any atom is -0.316 e. The summed E-state index contributed by atoms with van der Waals surface area (Å²) < 4.78 is 28.1. The van der Waals surface area contributed by atoms with E-state index in [2.05, 4.69) is 35.8 Å². The highest BCUT2D eigenvalue weighted by Crippen LogP contribution is 2.32. The quantitative estimate of drug-likeness (QED) is 0.759. The molecule has 130 valence electrons. The van der Waals surface area contributed by atoms with Crippen LogP contribution in [0, 0.1) is 0 Å². The maximum Gasteiger partial charge on any atom is 0.240 e. The van der Waals surface area contributed by atoms with Crippen LogP contribution in [-0.2, 0) is 15.4 Å². The molecule has 0 unspecified atom stereocenters. The second kappa shape index (κ2) is 7.90. The van der Waals surface area contributed by atoms with Crippen LogP contribution in [0.1, 0.15) is 32.7 Å². The summed E-state index contributed by atoms with van der Waals surface area (Å²) in [5, 5.41) is 4.10. The number of halogens is 1. The standard InChI is InChI=1S/C15H23N3O2S2.ClH/c1-5-16-8-9-17-22(19,20)11-6-7-12-13(10-11)21-14(18-12)15(2,3)4;/h6-7,10,16-17H,5,8-9H2,1-4H3;1H. The zero-order valence-corrected chi connectivity index (χ0v) is 16.3. The average molecular weight is 378 g/mol. The van der Waals surface area contributed by atoms with E-state index < -0.39 is 10.0 Å². The molecule has 0 atom stereocenters. The van der Waals surface area contributed by atoms with E-state index in [1.165, 1.54) is 0 Å².